The Morgan fingerprint density at radius 3 is 1.82 bits per heavy atom. The molecule has 1 N–H and O–H groups in total. The monoisotopic (exact) mass is 282 g/mol. The van der Waals surface area contributed by atoms with Crippen molar-refractivity contribution in [2.45, 2.75) is 0 Å². The van der Waals surface area contributed by atoms with Crippen LogP contribution in [0.25, 0.3) is 38.4 Å². The van der Waals surface area contributed by atoms with Crippen LogP contribution < -0.4 is 0 Å². The molecule has 2 heteroatoms. The predicted molar refractivity (Wildman–Crippen MR) is 92.6 cm³/mol. The summed E-state index contributed by atoms with van der Waals surface area (Å²) in [7, 11) is 0. The molecule has 2 nitrogen and oxygen atoms in total. The van der Waals surface area contributed by atoms with E-state index in [1.54, 1.807) is 0 Å². The fraction of sp³-hybridized carbons (Fsp3) is 0. The minimum atomic E-state index is 1.17. The highest BCUT2D eigenvalue weighted by Crippen LogP contribution is 2.34. The first kappa shape index (κ1) is 11.6. The molecule has 0 atom stereocenters. The normalized spacial score (nSPS) is 11.6. The molecule has 0 saturated heterocycles. The summed E-state index contributed by atoms with van der Waals surface area (Å²) in [6.07, 6.45) is 2.10. The number of fused-ring (bicyclic) bond motifs is 4. The van der Waals surface area contributed by atoms with E-state index in [1.807, 2.05) is 0 Å². The first-order chi connectivity index (χ1) is 10.9. The minimum absolute atomic E-state index is 1.17. The molecule has 0 aliphatic heterocycles. The molecule has 5 aromatic rings. The molecule has 2 heterocycles. The molecule has 0 unspecified atom stereocenters. The number of hydrogen-bond donors (Lipinski definition) is 1. The van der Waals surface area contributed by atoms with E-state index in [0.717, 1.165) is 0 Å². The van der Waals surface area contributed by atoms with Gasteiger partial charge in [0.1, 0.15) is 0 Å². The van der Waals surface area contributed by atoms with E-state index in [4.69, 9.17) is 0 Å². The molecular weight excluding hydrogens is 268 g/mol. The van der Waals surface area contributed by atoms with Gasteiger partial charge in [-0.15, -0.1) is 0 Å². The van der Waals surface area contributed by atoms with Crippen molar-refractivity contribution in [2.75, 3.05) is 0 Å². The van der Waals surface area contributed by atoms with Gasteiger partial charge in [0.15, 0.2) is 0 Å². The lowest BCUT2D eigenvalue weighted by Crippen LogP contribution is -1.91. The third-order valence-corrected chi connectivity index (χ3v) is 4.39. The van der Waals surface area contributed by atoms with Gasteiger partial charge in [-0.05, 0) is 18.2 Å². The van der Waals surface area contributed by atoms with Crippen LogP contribution in [0.3, 0.4) is 0 Å². The molecule has 22 heavy (non-hydrogen) atoms. The Labute approximate surface area is 127 Å². The Balaban J connectivity index is 2.02. The van der Waals surface area contributed by atoms with E-state index < -0.39 is 0 Å². The van der Waals surface area contributed by atoms with E-state index in [0.29, 0.717) is 0 Å². The predicted octanol–water partition coefficient (Wildman–Crippen LogP) is 5.27. The number of H-pyrrole nitrogens is 1. The Bertz CT molecular complexity index is 1080. The number of aromatic nitrogens is 2. The molecule has 0 radical (unpaired) electrons. The highest BCUT2D eigenvalue weighted by molar-refractivity contribution is 6.10. The van der Waals surface area contributed by atoms with Crippen molar-refractivity contribution in [3.8, 4) is 5.69 Å². The van der Waals surface area contributed by atoms with Gasteiger partial charge in [0, 0.05) is 27.9 Å². The molecule has 0 aliphatic carbocycles. The molecule has 0 saturated carbocycles. The van der Waals surface area contributed by atoms with Gasteiger partial charge in [-0.25, -0.2) is 0 Å². The highest BCUT2D eigenvalue weighted by Gasteiger charge is 2.13. The van der Waals surface area contributed by atoms with Crippen molar-refractivity contribution in [3.05, 3.63) is 79.0 Å². The lowest BCUT2D eigenvalue weighted by Gasteiger charge is -2.06. The van der Waals surface area contributed by atoms with Gasteiger partial charge in [-0.3, -0.25) is 0 Å². The maximum atomic E-state index is 3.39. The molecule has 0 spiro atoms. The largest absolute Gasteiger partial charge is 0.359 e. The van der Waals surface area contributed by atoms with E-state index in [9.17, 15) is 0 Å². The zero-order valence-corrected chi connectivity index (χ0v) is 12.0. The zero-order valence-electron chi connectivity index (χ0n) is 12.0. The maximum Gasteiger partial charge on any atom is 0.0715 e. The topological polar surface area (TPSA) is 20.7 Å². The quantitative estimate of drug-likeness (QED) is 0.432. The lowest BCUT2D eigenvalue weighted by atomic mass is 10.2. The van der Waals surface area contributed by atoms with Crippen molar-refractivity contribution >= 4 is 32.7 Å². The number of benzene rings is 3. The summed E-state index contributed by atoms with van der Waals surface area (Å²) in [5, 5.41) is 3.83. The molecular formula is C20H14N2. The van der Waals surface area contributed by atoms with Gasteiger partial charge in [-0.1, -0.05) is 54.6 Å². The van der Waals surface area contributed by atoms with Gasteiger partial charge in [0.25, 0.3) is 0 Å². The van der Waals surface area contributed by atoms with Crippen LogP contribution in [0.15, 0.2) is 79.0 Å². The summed E-state index contributed by atoms with van der Waals surface area (Å²) in [5.41, 5.74) is 4.86. The summed E-state index contributed by atoms with van der Waals surface area (Å²) in [6.45, 7) is 0. The standard InChI is InChI=1S/C20H14N2/c1-4-10-17-16(9-1)20(13-21-17)22-18-11-5-2-7-14(18)15-8-3-6-12-19(15)22/h1-13,21H. The number of aromatic amines is 1. The van der Waals surface area contributed by atoms with Crippen LogP contribution in [0.2, 0.25) is 0 Å². The minimum Gasteiger partial charge on any atom is -0.359 e. The molecule has 3 aromatic carbocycles. The summed E-state index contributed by atoms with van der Waals surface area (Å²) in [6, 6.07) is 25.6. The zero-order chi connectivity index (χ0) is 14.5. The van der Waals surface area contributed by atoms with Crippen LogP contribution in [-0.4, -0.2) is 9.55 Å². The molecule has 104 valence electrons. The SMILES string of the molecule is c1ccc2c(-n3c4ccccc4c4ccccc43)c[nH]c2c1. The van der Waals surface area contributed by atoms with Crippen LogP contribution in [-0.2, 0) is 0 Å². The molecule has 2 aromatic heterocycles. The van der Waals surface area contributed by atoms with Gasteiger partial charge in [-0.2, -0.15) is 0 Å². The van der Waals surface area contributed by atoms with Crippen LogP contribution in [0, 0.1) is 0 Å². The van der Waals surface area contributed by atoms with Gasteiger partial charge < -0.3 is 9.55 Å². The first-order valence-electron chi connectivity index (χ1n) is 7.48. The third-order valence-electron chi connectivity index (χ3n) is 4.39. The Hall–Kier alpha value is -3.00. The fourth-order valence-electron chi connectivity index (χ4n) is 3.42. The molecule has 0 bridgehead atoms. The molecule has 5 rings (SSSR count). The summed E-state index contributed by atoms with van der Waals surface area (Å²) >= 11 is 0. The van der Waals surface area contributed by atoms with Gasteiger partial charge in [0.2, 0.25) is 0 Å². The lowest BCUT2D eigenvalue weighted by molar-refractivity contribution is 1.19. The number of rotatable bonds is 1. The number of nitrogens with zero attached hydrogens (tertiary/aromatic N) is 1. The van der Waals surface area contributed by atoms with Crippen LogP contribution in [0.4, 0.5) is 0 Å². The molecule has 0 amide bonds. The van der Waals surface area contributed by atoms with Crippen molar-refractivity contribution in [2.24, 2.45) is 0 Å². The highest BCUT2D eigenvalue weighted by atomic mass is 15.0. The van der Waals surface area contributed by atoms with Gasteiger partial charge >= 0.3 is 0 Å². The fourth-order valence-corrected chi connectivity index (χ4v) is 3.42. The molecule has 0 aliphatic rings. The Kier molecular flexibility index (Phi) is 2.25. The second kappa shape index (κ2) is 4.25. The van der Waals surface area contributed by atoms with E-state index >= 15 is 0 Å². The third kappa shape index (κ3) is 1.44. The summed E-state index contributed by atoms with van der Waals surface area (Å²) < 4.78 is 2.35. The van der Waals surface area contributed by atoms with Crippen molar-refractivity contribution in [1.82, 2.24) is 9.55 Å². The number of nitrogens with one attached hydrogen (secondary N) is 1. The first-order valence-corrected chi connectivity index (χ1v) is 7.48. The van der Waals surface area contributed by atoms with Crippen LogP contribution >= 0.6 is 0 Å². The van der Waals surface area contributed by atoms with E-state index in [2.05, 4.69) is 88.5 Å². The smallest absolute Gasteiger partial charge is 0.0715 e. The van der Waals surface area contributed by atoms with E-state index in [-0.39, 0.29) is 0 Å². The van der Waals surface area contributed by atoms with E-state index in [1.165, 1.54) is 38.4 Å². The second-order valence-corrected chi connectivity index (χ2v) is 5.59. The molecule has 0 fully saturated rings. The van der Waals surface area contributed by atoms with Crippen molar-refractivity contribution < 1.29 is 0 Å². The second-order valence-electron chi connectivity index (χ2n) is 5.59. The van der Waals surface area contributed by atoms with Gasteiger partial charge in [0.05, 0.1) is 16.7 Å². The van der Waals surface area contributed by atoms with Crippen molar-refractivity contribution in [1.29, 1.82) is 0 Å². The average molecular weight is 282 g/mol. The summed E-state index contributed by atoms with van der Waals surface area (Å²) in [5.74, 6) is 0. The Morgan fingerprint density at radius 1 is 0.591 bits per heavy atom. The van der Waals surface area contributed by atoms with Crippen LogP contribution in [0.5, 0.6) is 0 Å². The number of para-hydroxylation sites is 3. The Morgan fingerprint density at radius 2 is 1.14 bits per heavy atom. The van der Waals surface area contributed by atoms with Crippen LogP contribution in [0.1, 0.15) is 0 Å². The van der Waals surface area contributed by atoms with Crippen molar-refractivity contribution in [3.63, 3.8) is 0 Å². The number of hydrogen-bond acceptors (Lipinski definition) is 0. The summed E-state index contributed by atoms with van der Waals surface area (Å²) in [4.78, 5) is 3.39. The maximum absolute atomic E-state index is 3.39. The average Bonchev–Trinajstić information content (AvgIpc) is 3.14.